The number of furan rings is 1. The van der Waals surface area contributed by atoms with E-state index in [1.54, 1.807) is 11.0 Å². The van der Waals surface area contributed by atoms with Gasteiger partial charge in [-0.15, -0.1) is 0 Å². The molecule has 5 heterocycles. The molecule has 2 atom stereocenters. The number of amides is 1. The van der Waals surface area contributed by atoms with E-state index in [0.29, 0.717) is 36.4 Å². The summed E-state index contributed by atoms with van der Waals surface area (Å²) in [6.45, 7) is 6.97. The predicted octanol–water partition coefficient (Wildman–Crippen LogP) is 5.78. The van der Waals surface area contributed by atoms with E-state index in [4.69, 9.17) is 8.83 Å². The van der Waals surface area contributed by atoms with Crippen LogP contribution < -0.4 is 11.2 Å². The molecule has 2 aliphatic rings. The molecule has 7 rings (SSSR count). The predicted molar refractivity (Wildman–Crippen MR) is 165 cm³/mol. The van der Waals surface area contributed by atoms with Crippen LogP contribution in [-0.2, 0) is 17.8 Å². The van der Waals surface area contributed by atoms with Crippen molar-refractivity contribution in [1.82, 2.24) is 9.47 Å². The lowest BCUT2D eigenvalue weighted by atomic mass is 9.83. The molecule has 3 aromatic heterocycles. The number of carbonyl (C=O) groups excluding carboxylic acids is 1. The minimum Gasteiger partial charge on any atom is -0.460 e. The van der Waals surface area contributed by atoms with E-state index in [1.165, 1.54) is 10.6 Å². The highest BCUT2D eigenvalue weighted by atomic mass is 16.6. The fourth-order valence-electron chi connectivity index (χ4n) is 7.29. The van der Waals surface area contributed by atoms with Gasteiger partial charge in [0, 0.05) is 71.2 Å². The minimum atomic E-state index is -0.649. The smallest absolute Gasteiger partial charge is 0.339 e. The summed E-state index contributed by atoms with van der Waals surface area (Å²) in [5, 5.41) is 13.0. The number of aromatic nitrogens is 1. The molecule has 2 bridgehead atoms. The number of likely N-dealkylation sites (tertiary alicyclic amines) is 1. The van der Waals surface area contributed by atoms with Crippen molar-refractivity contribution in [2.45, 2.75) is 52.5 Å². The van der Waals surface area contributed by atoms with Crippen LogP contribution in [0.4, 0.5) is 5.69 Å². The number of carbonyl (C=O) groups is 1. The topological polar surface area (TPSA) is 129 Å². The number of fused-ring (bicyclic) bond motifs is 6. The molecule has 1 unspecified atom stereocenters. The van der Waals surface area contributed by atoms with Crippen molar-refractivity contribution in [2.24, 2.45) is 5.92 Å². The zero-order valence-corrected chi connectivity index (χ0v) is 24.7. The van der Waals surface area contributed by atoms with Gasteiger partial charge in [-0.05, 0) is 62.8 Å². The highest BCUT2D eigenvalue weighted by Gasteiger charge is 2.37. The molecular weight excluding hydrogens is 562 g/mol. The molecule has 2 aromatic carbocycles. The Bertz CT molecular complexity index is 2120. The second-order valence-corrected chi connectivity index (χ2v) is 12.1. The van der Waals surface area contributed by atoms with Gasteiger partial charge < -0.3 is 18.3 Å². The van der Waals surface area contributed by atoms with Gasteiger partial charge in [0.25, 0.3) is 0 Å². The van der Waals surface area contributed by atoms with Crippen LogP contribution in [0.15, 0.2) is 67.0 Å². The molecule has 5 aromatic rings. The van der Waals surface area contributed by atoms with E-state index in [2.05, 4.69) is 0 Å². The number of aryl methyl sites for hydroxylation is 3. The Hall–Kier alpha value is -4.99. The van der Waals surface area contributed by atoms with E-state index in [-0.39, 0.29) is 30.6 Å². The van der Waals surface area contributed by atoms with E-state index >= 15 is 0 Å². The van der Waals surface area contributed by atoms with Crippen molar-refractivity contribution < 1.29 is 18.6 Å². The van der Waals surface area contributed by atoms with Gasteiger partial charge in [0.15, 0.2) is 0 Å². The van der Waals surface area contributed by atoms with E-state index in [1.807, 2.05) is 57.2 Å². The Morgan fingerprint density at radius 1 is 0.955 bits per heavy atom. The fourth-order valence-corrected chi connectivity index (χ4v) is 7.29. The molecule has 44 heavy (non-hydrogen) atoms. The highest BCUT2D eigenvalue weighted by molar-refractivity contribution is 6.05. The first kappa shape index (κ1) is 27.8. The molecule has 0 N–H and O–H groups in total. The first-order chi connectivity index (χ1) is 21.1. The number of pyridine rings is 1. The Balaban J connectivity index is 1.17. The third-order valence-electron chi connectivity index (χ3n) is 9.42. The Kier molecular flexibility index (Phi) is 6.53. The maximum absolute atomic E-state index is 13.5. The van der Waals surface area contributed by atoms with E-state index < -0.39 is 21.8 Å². The summed E-state index contributed by atoms with van der Waals surface area (Å²) in [6, 6.07) is 15.0. The van der Waals surface area contributed by atoms with Crippen molar-refractivity contribution in [3.63, 3.8) is 0 Å². The van der Waals surface area contributed by atoms with Crippen LogP contribution in [0.2, 0.25) is 0 Å². The number of hydrogen-bond acceptors (Lipinski definition) is 7. The normalized spacial score (nSPS) is 17.7. The maximum Gasteiger partial charge on any atom is 0.339 e. The summed E-state index contributed by atoms with van der Waals surface area (Å²) in [5.41, 5.74) is 4.50. The lowest BCUT2D eigenvalue weighted by molar-refractivity contribution is -0.386. The molecule has 224 valence electrons. The minimum absolute atomic E-state index is 0.0278. The summed E-state index contributed by atoms with van der Waals surface area (Å²) < 4.78 is 13.5. The maximum atomic E-state index is 13.5. The molecule has 1 fully saturated rings. The second-order valence-electron chi connectivity index (χ2n) is 12.1. The summed E-state index contributed by atoms with van der Waals surface area (Å²) >= 11 is 0. The van der Waals surface area contributed by atoms with Crippen LogP contribution in [-0.4, -0.2) is 33.4 Å². The van der Waals surface area contributed by atoms with Crippen molar-refractivity contribution in [1.29, 1.82) is 0 Å². The van der Waals surface area contributed by atoms with Crippen molar-refractivity contribution in [2.75, 3.05) is 13.1 Å². The molecule has 0 aliphatic carbocycles. The number of piperidine rings is 1. The van der Waals surface area contributed by atoms with Crippen molar-refractivity contribution in [3.8, 4) is 11.1 Å². The molecule has 10 heteroatoms. The largest absolute Gasteiger partial charge is 0.460 e. The van der Waals surface area contributed by atoms with Gasteiger partial charge in [-0.1, -0.05) is 30.3 Å². The van der Waals surface area contributed by atoms with E-state index in [0.717, 1.165) is 50.9 Å². The molecule has 0 saturated carbocycles. The van der Waals surface area contributed by atoms with Gasteiger partial charge in [0.05, 0.1) is 4.92 Å². The standard InChI is InChI=1S/C34H31N3O7/c1-18-24(9-12-29(38)35-15-21-13-23(17-35)27-10-11-28(37(41)42)33(39)36(27)16-21)34(40)44-31-19(2)32-26(14-25(18)31)30(20(3)43-32)22-7-5-4-6-8-22/h4-8,10-11,14,21,23H,9,12-13,15-17H2,1-3H3/t21-,23?/m0/s1. The van der Waals surface area contributed by atoms with Gasteiger partial charge in [-0.3, -0.25) is 19.7 Å². The average molecular weight is 594 g/mol. The third kappa shape index (κ3) is 4.35. The average Bonchev–Trinajstić information content (AvgIpc) is 3.34. The zero-order chi connectivity index (χ0) is 30.9. The lowest BCUT2D eigenvalue weighted by Crippen LogP contribution is -2.49. The zero-order valence-electron chi connectivity index (χ0n) is 24.7. The van der Waals surface area contributed by atoms with Crippen LogP contribution in [0.3, 0.4) is 0 Å². The number of nitrogens with zero attached hydrogens (tertiary/aromatic N) is 3. The first-order valence-electron chi connectivity index (χ1n) is 14.8. The molecule has 2 aliphatic heterocycles. The molecule has 10 nitrogen and oxygen atoms in total. The second kappa shape index (κ2) is 10.3. The van der Waals surface area contributed by atoms with Gasteiger partial charge in [0.2, 0.25) is 5.91 Å². The SMILES string of the molecule is Cc1oc2c(C)c3oc(=O)c(CCC(=O)N4CC5C[C@@H](C4)Cn4c5ccc([N+](=O)[O-])c4=O)c(C)c3cc2c1-c1ccccc1. The molecule has 0 radical (unpaired) electrons. The summed E-state index contributed by atoms with van der Waals surface area (Å²) in [7, 11) is 0. The highest BCUT2D eigenvalue weighted by Crippen LogP contribution is 2.40. The number of nitro groups is 1. The molecule has 1 amide bonds. The lowest BCUT2D eigenvalue weighted by Gasteiger charge is -2.42. The van der Waals surface area contributed by atoms with E-state index in [9.17, 15) is 24.5 Å². The first-order valence-corrected chi connectivity index (χ1v) is 14.8. The summed E-state index contributed by atoms with van der Waals surface area (Å²) in [5.74, 6) is 0.669. The molecule has 1 saturated heterocycles. The monoisotopic (exact) mass is 593 g/mol. The molecular formula is C34H31N3O7. The summed E-state index contributed by atoms with van der Waals surface area (Å²) in [4.78, 5) is 51.8. The number of rotatable bonds is 5. The third-order valence-corrected chi connectivity index (χ3v) is 9.42. The fraction of sp³-hybridized carbons (Fsp3) is 0.324. The van der Waals surface area contributed by atoms with Crippen LogP contribution in [0.1, 0.15) is 46.9 Å². The Labute approximate surface area is 251 Å². The number of hydrogen-bond donors (Lipinski definition) is 0. The number of benzene rings is 2. The Morgan fingerprint density at radius 2 is 1.70 bits per heavy atom. The Morgan fingerprint density at radius 3 is 2.45 bits per heavy atom. The van der Waals surface area contributed by atoms with Gasteiger partial charge in [0.1, 0.15) is 16.9 Å². The van der Waals surface area contributed by atoms with Gasteiger partial charge >= 0.3 is 16.9 Å². The van der Waals surface area contributed by atoms with Crippen LogP contribution in [0.5, 0.6) is 0 Å². The van der Waals surface area contributed by atoms with Gasteiger partial charge in [-0.2, -0.15) is 0 Å². The van der Waals surface area contributed by atoms with Crippen molar-refractivity contribution in [3.05, 3.63) is 108 Å². The van der Waals surface area contributed by atoms with Crippen LogP contribution in [0.25, 0.3) is 33.1 Å². The summed E-state index contributed by atoms with van der Waals surface area (Å²) in [6.07, 6.45) is 1.20. The van der Waals surface area contributed by atoms with Crippen molar-refractivity contribution >= 4 is 33.5 Å². The van der Waals surface area contributed by atoms with Crippen LogP contribution >= 0.6 is 0 Å². The quantitative estimate of drug-likeness (QED) is 0.144. The molecule has 0 spiro atoms. The van der Waals surface area contributed by atoms with Gasteiger partial charge in [-0.25, -0.2) is 4.79 Å². The van der Waals surface area contributed by atoms with Crippen LogP contribution in [0, 0.1) is 36.8 Å².